The molecule has 2 aliphatic carbocycles. The first-order chi connectivity index (χ1) is 15.5. The summed E-state index contributed by atoms with van der Waals surface area (Å²) in [7, 11) is 1.79. The Morgan fingerprint density at radius 2 is 2.00 bits per heavy atom. The third kappa shape index (κ3) is 2.91. The summed E-state index contributed by atoms with van der Waals surface area (Å²) >= 11 is 0. The lowest BCUT2D eigenvalue weighted by molar-refractivity contribution is 0.272. The molecule has 4 aromatic rings. The number of nitrogens with two attached hydrogens (primary N) is 1. The Morgan fingerprint density at radius 1 is 1.19 bits per heavy atom. The summed E-state index contributed by atoms with van der Waals surface area (Å²) in [4.78, 5) is 21.3. The van der Waals surface area contributed by atoms with Crippen LogP contribution in [0.4, 0.5) is 10.1 Å². The summed E-state index contributed by atoms with van der Waals surface area (Å²) in [5, 5.41) is 4.86. The summed E-state index contributed by atoms with van der Waals surface area (Å²) in [6.07, 6.45) is 6.52. The number of anilines is 1. The zero-order chi connectivity index (χ0) is 22.0. The van der Waals surface area contributed by atoms with Crippen LogP contribution in [0.15, 0.2) is 18.5 Å². The number of nitrogens with one attached hydrogen (secondary N) is 2. The fraction of sp³-hybridized carbons (Fsp3) is 0.391. The van der Waals surface area contributed by atoms with Gasteiger partial charge >= 0.3 is 6.01 Å². The highest BCUT2D eigenvalue weighted by atomic mass is 19.1. The van der Waals surface area contributed by atoms with E-state index in [4.69, 9.17) is 15.5 Å². The molecule has 164 valence electrons. The molecule has 0 amide bonds. The van der Waals surface area contributed by atoms with E-state index in [1.807, 2.05) is 6.92 Å². The highest BCUT2D eigenvalue weighted by Crippen LogP contribution is 2.48. The Kier molecular flexibility index (Phi) is 4.29. The van der Waals surface area contributed by atoms with Gasteiger partial charge in [0.15, 0.2) is 5.75 Å². The zero-order valence-electron chi connectivity index (χ0n) is 17.9. The van der Waals surface area contributed by atoms with Gasteiger partial charge in [-0.1, -0.05) is 0 Å². The second kappa shape index (κ2) is 7.09. The lowest BCUT2D eigenvalue weighted by atomic mass is 9.73. The first-order valence-electron chi connectivity index (χ1n) is 11.0. The smallest absolute Gasteiger partial charge is 0.324 e. The van der Waals surface area contributed by atoms with Gasteiger partial charge in [-0.2, -0.15) is 9.97 Å². The lowest BCUT2D eigenvalue weighted by Gasteiger charge is -2.34. The number of halogens is 1. The van der Waals surface area contributed by atoms with E-state index in [9.17, 15) is 0 Å². The molecule has 3 atom stereocenters. The standard InChI is InChI=1S/C23H24FN7O/c1-10-27-8-13(9-28-10)32-23-30-20-14-4-3-12(25)5-11(14)6-15-16(24)7-17(26-2)21-18(15)19(20)22(29-21)31-23/h7-9,11-12,14,26H,3-6,25H2,1-2H3,(H,29,30,31)/t11-,12-,14+/m1/s1. The maximum atomic E-state index is 15.3. The van der Waals surface area contributed by atoms with Crippen LogP contribution in [0.2, 0.25) is 0 Å². The lowest BCUT2D eigenvalue weighted by Crippen LogP contribution is -2.33. The quantitative estimate of drug-likeness (QED) is 0.448. The van der Waals surface area contributed by atoms with Crippen molar-refractivity contribution in [3.63, 3.8) is 0 Å². The van der Waals surface area contributed by atoms with Gasteiger partial charge in [-0.15, -0.1) is 0 Å². The summed E-state index contributed by atoms with van der Waals surface area (Å²) < 4.78 is 21.2. The molecule has 1 aromatic carbocycles. The normalized spacial score (nSPS) is 22.2. The van der Waals surface area contributed by atoms with Crippen LogP contribution in [0.3, 0.4) is 0 Å². The van der Waals surface area contributed by atoms with Gasteiger partial charge in [0.2, 0.25) is 0 Å². The van der Waals surface area contributed by atoms with Crippen LogP contribution < -0.4 is 15.8 Å². The fourth-order valence-electron chi connectivity index (χ4n) is 5.41. The van der Waals surface area contributed by atoms with E-state index >= 15 is 4.39 Å². The zero-order valence-corrected chi connectivity index (χ0v) is 17.9. The second-order valence-corrected chi connectivity index (χ2v) is 8.84. The molecule has 9 heteroatoms. The van der Waals surface area contributed by atoms with E-state index in [2.05, 4.69) is 25.3 Å². The van der Waals surface area contributed by atoms with Crippen LogP contribution in [0.25, 0.3) is 21.9 Å². The van der Waals surface area contributed by atoms with Crippen molar-refractivity contribution in [3.05, 3.63) is 41.4 Å². The number of nitrogens with zero attached hydrogens (tertiary/aromatic N) is 4. The van der Waals surface area contributed by atoms with Crippen molar-refractivity contribution in [1.82, 2.24) is 24.9 Å². The number of rotatable bonds is 3. The third-order valence-electron chi connectivity index (χ3n) is 6.87. The Balaban J connectivity index is 1.60. The van der Waals surface area contributed by atoms with Crippen molar-refractivity contribution >= 4 is 27.6 Å². The molecule has 0 aliphatic heterocycles. The maximum Gasteiger partial charge on any atom is 0.324 e. The monoisotopic (exact) mass is 433 g/mol. The fourth-order valence-corrected chi connectivity index (χ4v) is 5.41. The van der Waals surface area contributed by atoms with Crippen LogP contribution >= 0.6 is 0 Å². The van der Waals surface area contributed by atoms with Crippen LogP contribution in [-0.4, -0.2) is 38.0 Å². The van der Waals surface area contributed by atoms with Crippen LogP contribution in [0.1, 0.15) is 42.3 Å². The Labute approximate surface area is 183 Å². The number of hydrogen-bond acceptors (Lipinski definition) is 7. The molecule has 3 heterocycles. The Morgan fingerprint density at radius 3 is 2.78 bits per heavy atom. The van der Waals surface area contributed by atoms with E-state index in [0.29, 0.717) is 29.3 Å². The van der Waals surface area contributed by atoms with Gasteiger partial charge in [0, 0.05) is 29.8 Å². The Bertz CT molecular complexity index is 1350. The number of aromatic amines is 1. The predicted octanol–water partition coefficient (Wildman–Crippen LogP) is 3.95. The van der Waals surface area contributed by atoms with Crippen molar-refractivity contribution in [2.45, 2.75) is 44.6 Å². The molecule has 8 nitrogen and oxygen atoms in total. The second-order valence-electron chi connectivity index (χ2n) is 8.84. The molecular weight excluding hydrogens is 409 g/mol. The van der Waals surface area contributed by atoms with Gasteiger partial charge < -0.3 is 20.8 Å². The number of benzene rings is 1. The molecule has 6 rings (SSSR count). The van der Waals surface area contributed by atoms with E-state index < -0.39 is 0 Å². The number of fused-ring (bicyclic) bond motifs is 2. The van der Waals surface area contributed by atoms with Gasteiger partial charge in [-0.3, -0.25) is 0 Å². The van der Waals surface area contributed by atoms with Crippen LogP contribution in [0, 0.1) is 18.7 Å². The number of aryl methyl sites for hydroxylation is 1. The van der Waals surface area contributed by atoms with E-state index in [1.54, 1.807) is 25.5 Å². The molecule has 2 aliphatic rings. The topological polar surface area (TPSA) is 115 Å². The summed E-state index contributed by atoms with van der Waals surface area (Å²) in [6.45, 7) is 1.81. The minimum Gasteiger partial charge on any atom is -0.421 e. The SMILES string of the molecule is CNc1cc(F)c2c3c1[nH]c1nc(Oc4cnc(C)nc4)nc(c13)[C@H]1CC[C@@H](N)C[C@@H]1C2. The van der Waals surface area contributed by atoms with E-state index in [1.165, 1.54) is 0 Å². The molecule has 0 radical (unpaired) electrons. The third-order valence-corrected chi connectivity index (χ3v) is 6.87. The molecule has 1 saturated carbocycles. The largest absolute Gasteiger partial charge is 0.421 e. The highest BCUT2D eigenvalue weighted by molar-refractivity contribution is 6.13. The summed E-state index contributed by atoms with van der Waals surface area (Å²) in [5.41, 5.74) is 10.1. The van der Waals surface area contributed by atoms with Gasteiger partial charge in [0.25, 0.3) is 0 Å². The molecular formula is C23H24FN7O. The molecule has 0 bridgehead atoms. The average Bonchev–Trinajstić information content (AvgIpc) is 3.09. The number of aromatic nitrogens is 5. The van der Waals surface area contributed by atoms with Crippen molar-refractivity contribution in [2.75, 3.05) is 12.4 Å². The average molecular weight is 433 g/mol. The van der Waals surface area contributed by atoms with Crippen molar-refractivity contribution in [3.8, 4) is 11.8 Å². The van der Waals surface area contributed by atoms with Crippen molar-refractivity contribution in [2.24, 2.45) is 11.7 Å². The number of hydrogen-bond donors (Lipinski definition) is 3. The summed E-state index contributed by atoms with van der Waals surface area (Å²) in [5.74, 6) is 1.31. The van der Waals surface area contributed by atoms with Crippen molar-refractivity contribution < 1.29 is 9.13 Å². The highest BCUT2D eigenvalue weighted by Gasteiger charge is 2.37. The summed E-state index contributed by atoms with van der Waals surface area (Å²) in [6, 6.07) is 1.92. The molecule has 0 spiro atoms. The molecule has 4 N–H and O–H groups in total. The van der Waals surface area contributed by atoms with E-state index in [0.717, 1.165) is 46.8 Å². The first-order valence-corrected chi connectivity index (χ1v) is 11.0. The van der Waals surface area contributed by atoms with E-state index in [-0.39, 0.29) is 29.7 Å². The Hall–Kier alpha value is -3.33. The molecule has 0 saturated heterocycles. The van der Waals surface area contributed by atoms with Gasteiger partial charge in [-0.25, -0.2) is 14.4 Å². The van der Waals surface area contributed by atoms with Crippen LogP contribution in [-0.2, 0) is 6.42 Å². The molecule has 1 fully saturated rings. The van der Waals surface area contributed by atoms with Gasteiger partial charge in [-0.05, 0) is 50.2 Å². The van der Waals surface area contributed by atoms with Crippen LogP contribution in [0.5, 0.6) is 11.8 Å². The number of H-pyrrole nitrogens is 1. The molecule has 0 unspecified atom stereocenters. The molecule has 3 aromatic heterocycles. The van der Waals surface area contributed by atoms with Gasteiger partial charge in [0.1, 0.15) is 17.3 Å². The predicted molar refractivity (Wildman–Crippen MR) is 120 cm³/mol. The number of ether oxygens (including phenoxy) is 1. The van der Waals surface area contributed by atoms with Crippen molar-refractivity contribution in [1.29, 1.82) is 0 Å². The first kappa shape index (κ1) is 19.4. The minimum atomic E-state index is -0.203. The maximum absolute atomic E-state index is 15.3. The van der Waals surface area contributed by atoms with Gasteiger partial charge in [0.05, 0.1) is 29.3 Å². The minimum absolute atomic E-state index is 0.128. The molecule has 32 heavy (non-hydrogen) atoms.